The van der Waals surface area contributed by atoms with E-state index in [-0.39, 0.29) is 16.7 Å². The summed E-state index contributed by atoms with van der Waals surface area (Å²) < 4.78 is 61.1. The Morgan fingerprint density at radius 1 is 1.15 bits per heavy atom. The zero-order valence-electron chi connectivity index (χ0n) is 13.0. The van der Waals surface area contributed by atoms with Crippen LogP contribution < -0.4 is 10.5 Å². The minimum atomic E-state index is -5.53. The number of thiazole rings is 1. The molecule has 142 valence electrons. The van der Waals surface area contributed by atoms with Gasteiger partial charge in [0.25, 0.3) is 0 Å². The SMILES string of the molecule is Nc1nccc(-c2nc(-c3ccc(NS(=O)(=O)C(F)(F)F)cc3Cl)cs2)n1. The Bertz CT molecular complexity index is 1100. The highest BCUT2D eigenvalue weighted by molar-refractivity contribution is 7.93. The number of halogens is 4. The number of rotatable bonds is 4. The number of benzene rings is 1. The fourth-order valence-electron chi connectivity index (χ4n) is 2.01. The summed E-state index contributed by atoms with van der Waals surface area (Å²) in [5.74, 6) is 0.0867. The molecule has 0 fully saturated rings. The third-order valence-electron chi connectivity index (χ3n) is 3.20. The molecule has 0 amide bonds. The van der Waals surface area contributed by atoms with Crippen LogP contribution in [0.15, 0.2) is 35.8 Å². The lowest BCUT2D eigenvalue weighted by molar-refractivity contribution is -0.0429. The van der Waals surface area contributed by atoms with Crippen LogP contribution >= 0.6 is 22.9 Å². The van der Waals surface area contributed by atoms with Crippen molar-refractivity contribution in [3.8, 4) is 22.0 Å². The summed E-state index contributed by atoms with van der Waals surface area (Å²) in [5.41, 5.74) is 1.15. The van der Waals surface area contributed by atoms with E-state index < -0.39 is 15.5 Å². The summed E-state index contributed by atoms with van der Waals surface area (Å²) >= 11 is 7.35. The van der Waals surface area contributed by atoms with Crippen molar-refractivity contribution >= 4 is 44.6 Å². The number of alkyl halides is 3. The molecule has 0 bridgehead atoms. The van der Waals surface area contributed by atoms with Gasteiger partial charge in [0, 0.05) is 17.1 Å². The van der Waals surface area contributed by atoms with E-state index >= 15 is 0 Å². The molecule has 0 aliphatic carbocycles. The fraction of sp³-hybridized carbons (Fsp3) is 0.0714. The first kappa shape index (κ1) is 19.3. The second-order valence-electron chi connectivity index (χ2n) is 5.08. The average Bonchev–Trinajstić information content (AvgIpc) is 3.03. The first-order valence-electron chi connectivity index (χ1n) is 7.00. The van der Waals surface area contributed by atoms with Crippen LogP contribution in [0.5, 0.6) is 0 Å². The summed E-state index contributed by atoms with van der Waals surface area (Å²) in [6.07, 6.45) is 1.48. The number of nitrogens with one attached hydrogen (secondary N) is 1. The summed E-state index contributed by atoms with van der Waals surface area (Å²) in [7, 11) is -5.53. The van der Waals surface area contributed by atoms with E-state index in [2.05, 4.69) is 15.0 Å². The zero-order chi connectivity index (χ0) is 19.8. The molecule has 0 saturated heterocycles. The van der Waals surface area contributed by atoms with Gasteiger partial charge in [-0.2, -0.15) is 21.6 Å². The Hall–Kier alpha value is -2.44. The monoisotopic (exact) mass is 435 g/mol. The molecule has 0 aliphatic rings. The van der Waals surface area contributed by atoms with Gasteiger partial charge >= 0.3 is 15.5 Å². The van der Waals surface area contributed by atoms with E-state index in [9.17, 15) is 21.6 Å². The number of anilines is 2. The highest BCUT2D eigenvalue weighted by Crippen LogP contribution is 2.34. The second kappa shape index (κ2) is 6.94. The van der Waals surface area contributed by atoms with Crippen LogP contribution in [0.2, 0.25) is 5.02 Å². The van der Waals surface area contributed by atoms with Crippen LogP contribution in [0.3, 0.4) is 0 Å². The van der Waals surface area contributed by atoms with Gasteiger partial charge in [0.15, 0.2) is 0 Å². The lowest BCUT2D eigenvalue weighted by Crippen LogP contribution is -2.29. The van der Waals surface area contributed by atoms with Crippen molar-refractivity contribution in [2.45, 2.75) is 5.51 Å². The smallest absolute Gasteiger partial charge is 0.368 e. The number of nitrogens with zero attached hydrogens (tertiary/aromatic N) is 3. The standard InChI is InChI=1S/C14H9ClF3N5O2S2/c15-9-5-7(23-27(24,25)14(16,17)18)1-2-8(9)11-6-26-12(21-11)10-3-4-20-13(19)22-10/h1-6,23H,(H2,19,20,22). The number of nitrogens with two attached hydrogens (primary N) is 1. The number of sulfonamides is 1. The number of hydrogen-bond donors (Lipinski definition) is 2. The number of hydrogen-bond acceptors (Lipinski definition) is 7. The molecule has 27 heavy (non-hydrogen) atoms. The van der Waals surface area contributed by atoms with Crippen LogP contribution in [0.1, 0.15) is 0 Å². The van der Waals surface area contributed by atoms with Gasteiger partial charge in [-0.15, -0.1) is 11.3 Å². The van der Waals surface area contributed by atoms with Crippen molar-refractivity contribution in [3.63, 3.8) is 0 Å². The van der Waals surface area contributed by atoms with Crippen molar-refractivity contribution in [1.82, 2.24) is 15.0 Å². The molecule has 2 heterocycles. The van der Waals surface area contributed by atoms with Gasteiger partial charge in [-0.3, -0.25) is 4.72 Å². The van der Waals surface area contributed by atoms with Gasteiger partial charge in [0.1, 0.15) is 10.7 Å². The van der Waals surface area contributed by atoms with Crippen LogP contribution in [0, 0.1) is 0 Å². The molecular weight excluding hydrogens is 427 g/mol. The molecule has 3 N–H and O–H groups in total. The summed E-state index contributed by atoms with van der Waals surface area (Å²) in [5, 5.41) is 2.24. The van der Waals surface area contributed by atoms with Crippen molar-refractivity contribution in [2.24, 2.45) is 0 Å². The van der Waals surface area contributed by atoms with Gasteiger partial charge in [-0.1, -0.05) is 11.6 Å². The van der Waals surface area contributed by atoms with Gasteiger partial charge in [0.05, 0.1) is 16.4 Å². The van der Waals surface area contributed by atoms with Crippen molar-refractivity contribution in [2.75, 3.05) is 10.5 Å². The maximum atomic E-state index is 12.4. The Balaban J connectivity index is 1.89. The average molecular weight is 436 g/mol. The summed E-state index contributed by atoms with van der Waals surface area (Å²) in [6.45, 7) is 0. The topological polar surface area (TPSA) is 111 Å². The summed E-state index contributed by atoms with van der Waals surface area (Å²) in [4.78, 5) is 12.2. The molecule has 0 aliphatic heterocycles. The predicted molar refractivity (Wildman–Crippen MR) is 96.6 cm³/mol. The highest BCUT2D eigenvalue weighted by atomic mass is 35.5. The Labute approximate surface area is 160 Å². The largest absolute Gasteiger partial charge is 0.516 e. The molecule has 0 unspecified atom stereocenters. The molecule has 7 nitrogen and oxygen atoms in total. The number of nitrogen functional groups attached to an aromatic ring is 1. The van der Waals surface area contributed by atoms with Gasteiger partial charge < -0.3 is 5.73 Å². The van der Waals surface area contributed by atoms with Crippen molar-refractivity contribution in [3.05, 3.63) is 40.9 Å². The summed E-state index contributed by atoms with van der Waals surface area (Å²) in [6, 6.07) is 5.22. The lowest BCUT2D eigenvalue weighted by Gasteiger charge is -2.11. The van der Waals surface area contributed by atoms with E-state index in [1.54, 1.807) is 11.4 Å². The number of aromatic nitrogens is 3. The van der Waals surface area contributed by atoms with E-state index in [1.807, 2.05) is 0 Å². The predicted octanol–water partition coefficient (Wildman–Crippen LogP) is 3.76. The minimum Gasteiger partial charge on any atom is -0.368 e. The third-order valence-corrected chi connectivity index (χ3v) is 5.49. The van der Waals surface area contributed by atoms with Crippen LogP contribution in [0.4, 0.5) is 24.8 Å². The van der Waals surface area contributed by atoms with Crippen LogP contribution in [0.25, 0.3) is 22.0 Å². The fourth-order valence-corrected chi connectivity index (χ4v) is 3.63. The van der Waals surface area contributed by atoms with Gasteiger partial charge in [-0.25, -0.2) is 15.0 Å². The zero-order valence-corrected chi connectivity index (χ0v) is 15.4. The molecule has 3 rings (SSSR count). The molecule has 2 aromatic heterocycles. The maximum Gasteiger partial charge on any atom is 0.516 e. The highest BCUT2D eigenvalue weighted by Gasteiger charge is 2.46. The van der Waals surface area contributed by atoms with Crippen LogP contribution in [-0.4, -0.2) is 28.9 Å². The van der Waals surface area contributed by atoms with Crippen molar-refractivity contribution < 1.29 is 21.6 Å². The molecular formula is C14H9ClF3N5O2S2. The first-order chi connectivity index (χ1) is 12.6. The molecule has 1 aromatic carbocycles. The molecule has 0 radical (unpaired) electrons. The quantitative estimate of drug-likeness (QED) is 0.645. The second-order valence-corrected chi connectivity index (χ2v) is 8.02. The Morgan fingerprint density at radius 3 is 2.52 bits per heavy atom. The Morgan fingerprint density at radius 2 is 1.89 bits per heavy atom. The molecule has 3 aromatic rings. The molecule has 0 spiro atoms. The van der Waals surface area contributed by atoms with Crippen molar-refractivity contribution in [1.29, 1.82) is 0 Å². The van der Waals surface area contributed by atoms with Gasteiger partial charge in [-0.05, 0) is 24.3 Å². The normalized spacial score (nSPS) is 12.1. The molecule has 0 saturated carbocycles. The van der Waals surface area contributed by atoms with Crippen LogP contribution in [-0.2, 0) is 10.0 Å². The third kappa shape index (κ3) is 4.12. The van der Waals surface area contributed by atoms with E-state index in [0.717, 1.165) is 12.1 Å². The van der Waals surface area contributed by atoms with E-state index in [1.165, 1.54) is 28.3 Å². The van der Waals surface area contributed by atoms with E-state index in [0.29, 0.717) is 22.0 Å². The minimum absolute atomic E-state index is 0.0245. The maximum absolute atomic E-state index is 12.4. The molecule has 13 heteroatoms. The molecule has 0 atom stereocenters. The first-order valence-corrected chi connectivity index (χ1v) is 9.74. The van der Waals surface area contributed by atoms with Gasteiger partial charge in [0.2, 0.25) is 5.95 Å². The Kier molecular flexibility index (Phi) is 4.97. The van der Waals surface area contributed by atoms with E-state index in [4.69, 9.17) is 17.3 Å². The lowest BCUT2D eigenvalue weighted by atomic mass is 10.1.